The van der Waals surface area contributed by atoms with Crippen LogP contribution in [-0.2, 0) is 0 Å². The topological polar surface area (TPSA) is 52.6 Å². The van der Waals surface area contributed by atoms with Gasteiger partial charge in [0.2, 0.25) is 0 Å². The van der Waals surface area contributed by atoms with E-state index in [1.54, 1.807) is 18.2 Å². The molecule has 0 fully saturated rings. The molecule has 94 valence electrons. The van der Waals surface area contributed by atoms with E-state index in [0.717, 1.165) is 18.7 Å². The van der Waals surface area contributed by atoms with Crippen LogP contribution >= 0.6 is 0 Å². The van der Waals surface area contributed by atoms with E-state index in [9.17, 15) is 4.79 Å². The van der Waals surface area contributed by atoms with Crippen LogP contribution in [0.3, 0.4) is 0 Å². The number of carboxylic acid groups (broad SMARTS) is 1. The first-order valence-electron chi connectivity index (χ1n) is 5.73. The SMILES string of the molecule is CC(CCN(C)C)Nc1cccc(C(=O)O)c1. The molecular formula is C13H20N2O2. The van der Waals surface area contributed by atoms with Gasteiger partial charge in [-0.15, -0.1) is 0 Å². The van der Waals surface area contributed by atoms with Gasteiger partial charge in [0.05, 0.1) is 5.56 Å². The van der Waals surface area contributed by atoms with Crippen molar-refractivity contribution in [2.75, 3.05) is 26.0 Å². The smallest absolute Gasteiger partial charge is 0.335 e. The Balaban J connectivity index is 2.56. The lowest BCUT2D eigenvalue weighted by atomic mass is 10.1. The first kappa shape index (κ1) is 13.5. The number of nitrogens with one attached hydrogen (secondary N) is 1. The van der Waals surface area contributed by atoms with Crippen LogP contribution in [0, 0.1) is 0 Å². The predicted molar refractivity (Wildman–Crippen MR) is 69.7 cm³/mol. The van der Waals surface area contributed by atoms with Crippen molar-refractivity contribution >= 4 is 11.7 Å². The lowest BCUT2D eigenvalue weighted by Crippen LogP contribution is -2.23. The van der Waals surface area contributed by atoms with Crippen LogP contribution in [0.25, 0.3) is 0 Å². The summed E-state index contributed by atoms with van der Waals surface area (Å²) < 4.78 is 0. The molecule has 1 unspecified atom stereocenters. The Morgan fingerprint density at radius 2 is 2.18 bits per heavy atom. The largest absolute Gasteiger partial charge is 0.478 e. The fourth-order valence-corrected chi connectivity index (χ4v) is 1.55. The van der Waals surface area contributed by atoms with Gasteiger partial charge in [0.25, 0.3) is 0 Å². The molecule has 0 radical (unpaired) electrons. The van der Waals surface area contributed by atoms with Crippen LogP contribution in [-0.4, -0.2) is 42.7 Å². The molecule has 4 nitrogen and oxygen atoms in total. The molecule has 0 bridgehead atoms. The van der Waals surface area contributed by atoms with Crippen molar-refractivity contribution < 1.29 is 9.90 Å². The lowest BCUT2D eigenvalue weighted by molar-refractivity contribution is 0.0697. The van der Waals surface area contributed by atoms with E-state index >= 15 is 0 Å². The highest BCUT2D eigenvalue weighted by Crippen LogP contribution is 2.12. The molecule has 0 amide bonds. The molecule has 0 aliphatic heterocycles. The maximum absolute atomic E-state index is 10.8. The van der Waals surface area contributed by atoms with Gasteiger partial charge in [0.1, 0.15) is 0 Å². The minimum absolute atomic E-state index is 0.315. The van der Waals surface area contributed by atoms with Gasteiger partial charge in [-0.2, -0.15) is 0 Å². The highest BCUT2D eigenvalue weighted by atomic mass is 16.4. The van der Waals surface area contributed by atoms with Crippen molar-refractivity contribution in [1.29, 1.82) is 0 Å². The number of carbonyl (C=O) groups is 1. The van der Waals surface area contributed by atoms with Gasteiger partial charge in [0, 0.05) is 11.7 Å². The Labute approximate surface area is 102 Å². The van der Waals surface area contributed by atoms with Gasteiger partial charge in [0.15, 0.2) is 0 Å². The number of hydrogen-bond acceptors (Lipinski definition) is 3. The lowest BCUT2D eigenvalue weighted by Gasteiger charge is -2.18. The number of aromatic carboxylic acids is 1. The number of hydrogen-bond donors (Lipinski definition) is 2. The fraction of sp³-hybridized carbons (Fsp3) is 0.462. The Hall–Kier alpha value is -1.55. The summed E-state index contributed by atoms with van der Waals surface area (Å²) >= 11 is 0. The summed E-state index contributed by atoms with van der Waals surface area (Å²) in [5, 5.41) is 12.2. The van der Waals surface area contributed by atoms with Crippen LogP contribution in [0.15, 0.2) is 24.3 Å². The van der Waals surface area contributed by atoms with Gasteiger partial charge in [-0.1, -0.05) is 6.07 Å². The standard InChI is InChI=1S/C13H20N2O2/c1-10(7-8-15(2)3)14-12-6-4-5-11(9-12)13(16)17/h4-6,9-10,14H,7-8H2,1-3H3,(H,16,17). The summed E-state index contributed by atoms with van der Waals surface area (Å²) in [6, 6.07) is 7.22. The molecule has 1 aromatic carbocycles. The number of carboxylic acids is 1. The van der Waals surface area contributed by atoms with E-state index in [0.29, 0.717) is 11.6 Å². The zero-order valence-electron chi connectivity index (χ0n) is 10.6. The van der Waals surface area contributed by atoms with Crippen molar-refractivity contribution in [2.45, 2.75) is 19.4 Å². The van der Waals surface area contributed by atoms with Crippen molar-refractivity contribution in [3.05, 3.63) is 29.8 Å². The van der Waals surface area contributed by atoms with Crippen LogP contribution in [0.2, 0.25) is 0 Å². The molecular weight excluding hydrogens is 216 g/mol. The molecule has 0 aromatic heterocycles. The monoisotopic (exact) mass is 236 g/mol. The second-order valence-corrected chi connectivity index (χ2v) is 4.52. The maximum atomic E-state index is 10.8. The van der Waals surface area contributed by atoms with Crippen LogP contribution in [0.5, 0.6) is 0 Å². The first-order valence-corrected chi connectivity index (χ1v) is 5.73. The van der Waals surface area contributed by atoms with Crippen molar-refractivity contribution in [3.8, 4) is 0 Å². The molecule has 1 rings (SSSR count). The number of rotatable bonds is 6. The normalized spacial score (nSPS) is 12.5. The fourth-order valence-electron chi connectivity index (χ4n) is 1.55. The van der Waals surface area contributed by atoms with Gasteiger partial charge in [-0.3, -0.25) is 0 Å². The molecule has 2 N–H and O–H groups in total. The van der Waals surface area contributed by atoms with E-state index in [2.05, 4.69) is 17.1 Å². The van der Waals surface area contributed by atoms with Gasteiger partial charge in [-0.25, -0.2) is 4.79 Å². The molecule has 0 heterocycles. The molecule has 0 saturated heterocycles. The van der Waals surface area contributed by atoms with Gasteiger partial charge in [-0.05, 0) is 52.2 Å². The summed E-state index contributed by atoms with van der Waals surface area (Å²) in [6.07, 6.45) is 1.02. The third kappa shape index (κ3) is 4.87. The summed E-state index contributed by atoms with van der Waals surface area (Å²) in [5.74, 6) is -0.894. The Bertz CT molecular complexity index is 377. The summed E-state index contributed by atoms with van der Waals surface area (Å²) in [6.45, 7) is 3.10. The Morgan fingerprint density at radius 3 is 2.76 bits per heavy atom. The third-order valence-corrected chi connectivity index (χ3v) is 2.53. The minimum atomic E-state index is -0.894. The number of benzene rings is 1. The van der Waals surface area contributed by atoms with Gasteiger partial charge >= 0.3 is 5.97 Å². The summed E-state index contributed by atoms with van der Waals surface area (Å²) in [7, 11) is 4.08. The van der Waals surface area contributed by atoms with Crippen molar-refractivity contribution in [3.63, 3.8) is 0 Å². The number of nitrogens with zero attached hydrogens (tertiary/aromatic N) is 1. The molecule has 0 saturated carbocycles. The third-order valence-electron chi connectivity index (χ3n) is 2.53. The second-order valence-electron chi connectivity index (χ2n) is 4.52. The zero-order valence-corrected chi connectivity index (χ0v) is 10.6. The minimum Gasteiger partial charge on any atom is -0.478 e. The highest BCUT2D eigenvalue weighted by Gasteiger charge is 2.06. The maximum Gasteiger partial charge on any atom is 0.335 e. The molecule has 4 heteroatoms. The molecule has 1 atom stereocenters. The molecule has 0 aliphatic rings. The Morgan fingerprint density at radius 1 is 1.47 bits per heavy atom. The van der Waals surface area contributed by atoms with E-state index in [4.69, 9.17) is 5.11 Å². The van der Waals surface area contributed by atoms with Crippen LogP contribution in [0.4, 0.5) is 5.69 Å². The molecule has 0 spiro atoms. The van der Waals surface area contributed by atoms with Gasteiger partial charge < -0.3 is 15.3 Å². The molecule has 1 aromatic rings. The van der Waals surface area contributed by atoms with Crippen molar-refractivity contribution in [2.24, 2.45) is 0 Å². The predicted octanol–water partition coefficient (Wildman–Crippen LogP) is 2.14. The van der Waals surface area contributed by atoms with E-state index in [-0.39, 0.29) is 0 Å². The second kappa shape index (κ2) is 6.25. The van der Waals surface area contributed by atoms with Crippen LogP contribution in [0.1, 0.15) is 23.7 Å². The first-order chi connectivity index (χ1) is 7.99. The van der Waals surface area contributed by atoms with Crippen molar-refractivity contribution in [1.82, 2.24) is 4.90 Å². The summed E-state index contributed by atoms with van der Waals surface area (Å²) in [4.78, 5) is 13.0. The average Bonchev–Trinajstić information content (AvgIpc) is 2.26. The average molecular weight is 236 g/mol. The van der Waals surface area contributed by atoms with E-state index in [1.165, 1.54) is 0 Å². The highest BCUT2D eigenvalue weighted by molar-refractivity contribution is 5.88. The molecule has 0 aliphatic carbocycles. The molecule has 17 heavy (non-hydrogen) atoms. The zero-order chi connectivity index (χ0) is 12.8. The Kier molecular flexibility index (Phi) is 4.97. The number of anilines is 1. The van der Waals surface area contributed by atoms with E-state index < -0.39 is 5.97 Å². The van der Waals surface area contributed by atoms with E-state index in [1.807, 2.05) is 20.2 Å². The van der Waals surface area contributed by atoms with Crippen LogP contribution < -0.4 is 5.32 Å². The quantitative estimate of drug-likeness (QED) is 0.794. The summed E-state index contributed by atoms with van der Waals surface area (Å²) in [5.41, 5.74) is 1.17.